The van der Waals surface area contributed by atoms with E-state index in [0.717, 1.165) is 49.5 Å². The van der Waals surface area contributed by atoms with E-state index in [1.165, 1.54) is 6.42 Å². The first-order valence-corrected chi connectivity index (χ1v) is 7.69. The number of hydrogen-bond acceptors (Lipinski definition) is 2. The number of carbonyl (C=O) groups excluding carboxylic acids is 1. The number of rotatable bonds is 4. The molecule has 1 saturated heterocycles. The Morgan fingerprint density at radius 2 is 2.10 bits per heavy atom. The molecule has 1 amide bonds. The fourth-order valence-corrected chi connectivity index (χ4v) is 3.04. The Bertz CT molecular complexity index is 468. The van der Waals surface area contributed by atoms with Crippen molar-refractivity contribution in [3.8, 4) is 0 Å². The number of hydrogen-bond donors (Lipinski definition) is 1. The molecule has 0 unspecified atom stereocenters. The maximum Gasteiger partial charge on any atom is 0.254 e. The molecule has 0 spiro atoms. The van der Waals surface area contributed by atoms with Crippen molar-refractivity contribution in [1.29, 1.82) is 0 Å². The van der Waals surface area contributed by atoms with E-state index in [1.807, 2.05) is 31.0 Å². The zero-order valence-electron chi connectivity index (χ0n) is 12.3. The van der Waals surface area contributed by atoms with Crippen molar-refractivity contribution in [2.45, 2.75) is 26.2 Å². The molecule has 3 nitrogen and oxygen atoms in total. The highest BCUT2D eigenvalue weighted by Gasteiger charge is 2.24. The topological polar surface area (TPSA) is 32.3 Å². The third-order valence-corrected chi connectivity index (χ3v) is 4.36. The Balaban J connectivity index is 1.94. The number of amides is 1. The monoisotopic (exact) mass is 294 g/mol. The summed E-state index contributed by atoms with van der Waals surface area (Å²) in [7, 11) is 1.99. The van der Waals surface area contributed by atoms with Crippen molar-refractivity contribution in [3.63, 3.8) is 0 Å². The Morgan fingerprint density at radius 1 is 1.40 bits per heavy atom. The maximum atomic E-state index is 12.5. The molecule has 1 fully saturated rings. The van der Waals surface area contributed by atoms with Crippen LogP contribution in [0, 0.1) is 12.8 Å². The van der Waals surface area contributed by atoms with Gasteiger partial charge in [0, 0.05) is 23.7 Å². The first-order valence-electron chi connectivity index (χ1n) is 7.32. The molecule has 0 radical (unpaired) electrons. The van der Waals surface area contributed by atoms with Crippen molar-refractivity contribution in [1.82, 2.24) is 10.2 Å². The lowest BCUT2D eigenvalue weighted by Gasteiger charge is -2.32. The molecule has 1 aromatic carbocycles. The lowest BCUT2D eigenvalue weighted by atomic mass is 9.93. The van der Waals surface area contributed by atoms with Gasteiger partial charge in [-0.1, -0.05) is 11.6 Å². The van der Waals surface area contributed by atoms with Gasteiger partial charge in [-0.15, -0.1) is 0 Å². The summed E-state index contributed by atoms with van der Waals surface area (Å²) in [6, 6.07) is 5.49. The summed E-state index contributed by atoms with van der Waals surface area (Å²) in [5, 5.41) is 3.88. The summed E-state index contributed by atoms with van der Waals surface area (Å²) >= 11 is 5.94. The normalized spacial score (nSPS) is 16.4. The van der Waals surface area contributed by atoms with Gasteiger partial charge in [-0.3, -0.25) is 4.79 Å². The third-order valence-electron chi connectivity index (χ3n) is 4.12. The lowest BCUT2D eigenvalue weighted by molar-refractivity contribution is 0.0686. The van der Waals surface area contributed by atoms with Gasteiger partial charge in [0.25, 0.3) is 5.91 Å². The predicted octanol–water partition coefficient (Wildman–Crippen LogP) is 3.11. The van der Waals surface area contributed by atoms with Gasteiger partial charge in [-0.25, -0.2) is 0 Å². The molecule has 1 N–H and O–H groups in total. The van der Waals surface area contributed by atoms with Gasteiger partial charge in [0.1, 0.15) is 0 Å². The van der Waals surface area contributed by atoms with Crippen molar-refractivity contribution in [2.24, 2.45) is 5.92 Å². The molecular formula is C16H23ClN2O. The molecule has 2 rings (SSSR count). The number of halogens is 1. The van der Waals surface area contributed by atoms with Crippen LogP contribution in [0.4, 0.5) is 0 Å². The van der Waals surface area contributed by atoms with Gasteiger partial charge < -0.3 is 10.2 Å². The van der Waals surface area contributed by atoms with Crippen LogP contribution in [0.25, 0.3) is 0 Å². The van der Waals surface area contributed by atoms with Crippen LogP contribution < -0.4 is 5.32 Å². The quantitative estimate of drug-likeness (QED) is 0.925. The first-order chi connectivity index (χ1) is 9.61. The highest BCUT2D eigenvalue weighted by molar-refractivity contribution is 6.30. The molecule has 4 heteroatoms. The summed E-state index contributed by atoms with van der Waals surface area (Å²) in [5.41, 5.74) is 1.74. The van der Waals surface area contributed by atoms with E-state index in [2.05, 4.69) is 5.32 Å². The minimum atomic E-state index is 0.145. The Morgan fingerprint density at radius 3 is 2.70 bits per heavy atom. The van der Waals surface area contributed by atoms with Crippen LogP contribution in [0.1, 0.15) is 35.2 Å². The molecule has 1 aliphatic heterocycles. The number of nitrogens with zero attached hydrogens (tertiary/aromatic N) is 1. The molecule has 110 valence electrons. The summed E-state index contributed by atoms with van der Waals surface area (Å²) < 4.78 is 0. The van der Waals surface area contributed by atoms with E-state index < -0.39 is 0 Å². The maximum absolute atomic E-state index is 12.5. The third kappa shape index (κ3) is 3.74. The predicted molar refractivity (Wildman–Crippen MR) is 83.4 cm³/mol. The molecule has 0 aromatic heterocycles. The molecule has 0 atom stereocenters. The summed E-state index contributed by atoms with van der Waals surface area (Å²) in [6.45, 7) is 4.75. The first kappa shape index (κ1) is 15.3. The zero-order chi connectivity index (χ0) is 14.5. The minimum absolute atomic E-state index is 0.145. The number of nitrogens with one attached hydrogen (secondary N) is 1. The highest BCUT2D eigenvalue weighted by Crippen LogP contribution is 2.23. The van der Waals surface area contributed by atoms with Crippen LogP contribution in [0.2, 0.25) is 5.02 Å². The lowest BCUT2D eigenvalue weighted by Crippen LogP contribution is -2.39. The molecular weight excluding hydrogens is 272 g/mol. The second-order valence-electron chi connectivity index (χ2n) is 5.59. The van der Waals surface area contributed by atoms with Crippen LogP contribution in [-0.4, -0.2) is 37.5 Å². The van der Waals surface area contributed by atoms with Crippen molar-refractivity contribution >= 4 is 17.5 Å². The second-order valence-corrected chi connectivity index (χ2v) is 6.02. The van der Waals surface area contributed by atoms with Gasteiger partial charge in [0.05, 0.1) is 0 Å². The van der Waals surface area contributed by atoms with E-state index in [-0.39, 0.29) is 5.91 Å². The SMILES string of the molecule is CNCCC1CCN(C(=O)c2ccc(Cl)cc2C)CC1. The van der Waals surface area contributed by atoms with Crippen molar-refractivity contribution in [3.05, 3.63) is 34.3 Å². The van der Waals surface area contributed by atoms with Gasteiger partial charge in [0.15, 0.2) is 0 Å². The molecule has 0 saturated carbocycles. The number of carbonyl (C=O) groups is 1. The highest BCUT2D eigenvalue weighted by atomic mass is 35.5. The van der Waals surface area contributed by atoms with Crippen LogP contribution >= 0.6 is 11.6 Å². The summed E-state index contributed by atoms with van der Waals surface area (Å²) in [6.07, 6.45) is 3.43. The van der Waals surface area contributed by atoms with E-state index in [4.69, 9.17) is 11.6 Å². The van der Waals surface area contributed by atoms with Gasteiger partial charge >= 0.3 is 0 Å². The zero-order valence-corrected chi connectivity index (χ0v) is 13.0. The number of benzene rings is 1. The van der Waals surface area contributed by atoms with E-state index in [1.54, 1.807) is 6.07 Å². The Kier molecular flexibility index (Phi) is 5.44. The van der Waals surface area contributed by atoms with E-state index in [0.29, 0.717) is 5.02 Å². The smallest absolute Gasteiger partial charge is 0.254 e. The summed E-state index contributed by atoms with van der Waals surface area (Å²) in [4.78, 5) is 14.5. The standard InChI is InChI=1S/C16H23ClN2O/c1-12-11-14(17)3-4-15(12)16(20)19-9-6-13(7-10-19)5-8-18-2/h3-4,11,13,18H,5-10H2,1-2H3. The van der Waals surface area contributed by atoms with Crippen molar-refractivity contribution < 1.29 is 4.79 Å². The van der Waals surface area contributed by atoms with Crippen LogP contribution in [-0.2, 0) is 0 Å². The molecule has 20 heavy (non-hydrogen) atoms. The molecule has 1 aromatic rings. The minimum Gasteiger partial charge on any atom is -0.339 e. The number of aryl methyl sites for hydroxylation is 1. The van der Waals surface area contributed by atoms with Gasteiger partial charge in [0.2, 0.25) is 0 Å². The molecule has 0 aliphatic carbocycles. The Hall–Kier alpha value is -1.06. The number of likely N-dealkylation sites (tertiary alicyclic amines) is 1. The average Bonchev–Trinajstić information content (AvgIpc) is 2.45. The van der Waals surface area contributed by atoms with Crippen LogP contribution in [0.3, 0.4) is 0 Å². The fraction of sp³-hybridized carbons (Fsp3) is 0.562. The second kappa shape index (κ2) is 7.09. The van der Waals surface area contributed by atoms with E-state index in [9.17, 15) is 4.79 Å². The average molecular weight is 295 g/mol. The Labute approximate surface area is 126 Å². The van der Waals surface area contributed by atoms with E-state index >= 15 is 0 Å². The summed E-state index contributed by atoms with van der Waals surface area (Å²) in [5.74, 6) is 0.893. The van der Waals surface area contributed by atoms with Gasteiger partial charge in [-0.05, 0) is 69.5 Å². The molecule has 1 heterocycles. The van der Waals surface area contributed by atoms with Crippen LogP contribution in [0.5, 0.6) is 0 Å². The fourth-order valence-electron chi connectivity index (χ4n) is 2.81. The van der Waals surface area contributed by atoms with Crippen molar-refractivity contribution in [2.75, 3.05) is 26.7 Å². The molecule has 1 aliphatic rings. The van der Waals surface area contributed by atoms with Crippen LogP contribution in [0.15, 0.2) is 18.2 Å². The molecule has 0 bridgehead atoms. The largest absolute Gasteiger partial charge is 0.339 e. The number of piperidine rings is 1. The van der Waals surface area contributed by atoms with Gasteiger partial charge in [-0.2, -0.15) is 0 Å².